The second-order valence-corrected chi connectivity index (χ2v) is 10.3. The Morgan fingerprint density at radius 3 is 1.61 bits per heavy atom. The van der Waals surface area contributed by atoms with Crippen LogP contribution >= 0.6 is 12.6 Å². The zero-order valence-corrected chi connectivity index (χ0v) is 23.6. The Morgan fingerprint density at radius 2 is 1.07 bits per heavy atom. The van der Waals surface area contributed by atoms with Crippen molar-refractivity contribution in [2.75, 3.05) is 6.61 Å². The first kappa shape index (κ1) is 29.0. The zero-order valence-electron chi connectivity index (χ0n) is 22.7. The molecular formula is C34H34O6S. The molecule has 0 spiro atoms. The summed E-state index contributed by atoms with van der Waals surface area (Å²) < 4.78 is 31.4. The van der Waals surface area contributed by atoms with E-state index in [1.807, 2.05) is 97.1 Å². The molecule has 0 bridgehead atoms. The Kier molecular flexibility index (Phi) is 10.6. The first-order valence-corrected chi connectivity index (χ1v) is 14.2. The van der Waals surface area contributed by atoms with Crippen LogP contribution in [0.3, 0.4) is 0 Å². The van der Waals surface area contributed by atoms with Crippen molar-refractivity contribution in [2.24, 2.45) is 0 Å². The number of thiol groups is 1. The van der Waals surface area contributed by atoms with Crippen LogP contribution in [0.4, 0.5) is 0 Å². The summed E-state index contributed by atoms with van der Waals surface area (Å²) in [5.41, 5.74) is 2.72. The molecule has 5 rings (SSSR count). The van der Waals surface area contributed by atoms with E-state index < -0.39 is 35.8 Å². The lowest BCUT2D eigenvalue weighted by Crippen LogP contribution is -2.60. The van der Waals surface area contributed by atoms with E-state index in [1.54, 1.807) is 24.3 Å². The van der Waals surface area contributed by atoms with Crippen LogP contribution in [0.5, 0.6) is 0 Å². The molecule has 1 saturated heterocycles. The van der Waals surface area contributed by atoms with E-state index in [0.29, 0.717) is 25.4 Å². The average Bonchev–Trinajstić information content (AvgIpc) is 3.02. The Hall–Kier alpha value is -3.46. The van der Waals surface area contributed by atoms with Gasteiger partial charge in [-0.2, -0.15) is 0 Å². The number of esters is 1. The summed E-state index contributed by atoms with van der Waals surface area (Å²) in [6.07, 6.45) is -2.63. The smallest absolute Gasteiger partial charge is 0.338 e. The number of benzene rings is 4. The van der Waals surface area contributed by atoms with Gasteiger partial charge in [-0.3, -0.25) is 0 Å². The summed E-state index contributed by atoms with van der Waals surface area (Å²) in [7, 11) is 0. The number of rotatable bonds is 12. The molecular weight excluding hydrogens is 536 g/mol. The molecule has 41 heavy (non-hydrogen) atoms. The van der Waals surface area contributed by atoms with Gasteiger partial charge in [-0.25, -0.2) is 4.79 Å². The van der Waals surface area contributed by atoms with E-state index in [-0.39, 0.29) is 6.61 Å². The van der Waals surface area contributed by atoms with E-state index in [1.165, 1.54) is 0 Å². The second kappa shape index (κ2) is 15.0. The lowest BCUT2D eigenvalue weighted by Gasteiger charge is -2.44. The second-order valence-electron chi connectivity index (χ2n) is 9.82. The molecule has 6 nitrogen and oxygen atoms in total. The molecule has 1 aliphatic heterocycles. The van der Waals surface area contributed by atoms with Gasteiger partial charge in [-0.15, -0.1) is 12.6 Å². The number of hydrogen-bond acceptors (Lipinski definition) is 7. The molecule has 0 amide bonds. The summed E-state index contributed by atoms with van der Waals surface area (Å²) in [5.74, 6) is -0.479. The fraction of sp³-hybridized carbons (Fsp3) is 0.265. The van der Waals surface area contributed by atoms with Crippen LogP contribution in [0.25, 0.3) is 0 Å². The summed E-state index contributed by atoms with van der Waals surface area (Å²) >= 11 is 4.72. The van der Waals surface area contributed by atoms with Crippen LogP contribution in [0.1, 0.15) is 27.0 Å². The zero-order chi connectivity index (χ0) is 28.3. The van der Waals surface area contributed by atoms with Crippen molar-refractivity contribution in [3.05, 3.63) is 144 Å². The largest absolute Gasteiger partial charge is 0.452 e. The number of carbonyl (C=O) groups excluding carboxylic acids is 1. The minimum absolute atomic E-state index is 0.246. The van der Waals surface area contributed by atoms with Crippen LogP contribution in [0, 0.1) is 0 Å². The number of ether oxygens (including phenoxy) is 5. The van der Waals surface area contributed by atoms with Gasteiger partial charge < -0.3 is 23.7 Å². The predicted octanol–water partition coefficient (Wildman–Crippen LogP) is 6.25. The van der Waals surface area contributed by atoms with Crippen LogP contribution in [-0.2, 0) is 43.5 Å². The average molecular weight is 571 g/mol. The lowest BCUT2D eigenvalue weighted by atomic mass is 9.98. The van der Waals surface area contributed by atoms with Crippen molar-refractivity contribution in [3.63, 3.8) is 0 Å². The highest BCUT2D eigenvalue weighted by Gasteiger charge is 2.48. The molecule has 1 aliphatic rings. The summed E-state index contributed by atoms with van der Waals surface area (Å²) in [4.78, 5) is 13.1. The quantitative estimate of drug-likeness (QED) is 0.160. The monoisotopic (exact) mass is 570 g/mol. The normalized spacial score (nSPS) is 22.2. The number of carbonyl (C=O) groups is 1. The van der Waals surface area contributed by atoms with Crippen LogP contribution in [0.15, 0.2) is 121 Å². The van der Waals surface area contributed by atoms with Crippen LogP contribution in [0.2, 0.25) is 0 Å². The maximum Gasteiger partial charge on any atom is 0.338 e. The standard InChI is InChI=1S/C34H34O6S/c35-33(28-19-11-4-12-20-28)40-32-31(38-23-27-17-9-3-10-18-27)30(37-22-26-15-7-2-8-16-26)29(39-34(32)41)24-36-21-25-13-5-1-6-14-25/h1-20,29-32,34,41H,21-24H2/t29-,30-,31+,32-,34+/m1/s1. The van der Waals surface area contributed by atoms with Crippen molar-refractivity contribution in [1.82, 2.24) is 0 Å². The third-order valence-electron chi connectivity index (χ3n) is 6.83. The number of hydrogen-bond donors (Lipinski definition) is 1. The van der Waals surface area contributed by atoms with Crippen molar-refractivity contribution in [1.29, 1.82) is 0 Å². The van der Waals surface area contributed by atoms with Gasteiger partial charge in [0.05, 0.1) is 32.0 Å². The molecule has 5 atom stereocenters. The molecule has 7 heteroatoms. The van der Waals surface area contributed by atoms with Gasteiger partial charge in [0.15, 0.2) is 6.10 Å². The fourth-order valence-corrected chi connectivity index (χ4v) is 5.10. The highest BCUT2D eigenvalue weighted by Crippen LogP contribution is 2.32. The Labute approximate surface area is 246 Å². The molecule has 1 heterocycles. The molecule has 0 N–H and O–H groups in total. The van der Waals surface area contributed by atoms with Crippen molar-refractivity contribution < 1.29 is 28.5 Å². The molecule has 4 aromatic carbocycles. The Balaban J connectivity index is 1.39. The van der Waals surface area contributed by atoms with Crippen LogP contribution in [-0.4, -0.2) is 42.4 Å². The van der Waals surface area contributed by atoms with E-state index in [9.17, 15) is 4.79 Å². The van der Waals surface area contributed by atoms with Gasteiger partial charge in [0.25, 0.3) is 0 Å². The Bertz CT molecular complexity index is 1320. The SMILES string of the molecule is O=C(O[C@@H]1[C@@H](OCc2ccccc2)[C@H](OCc2ccccc2)[C@@H](COCc2ccccc2)O[C@H]1S)c1ccccc1. The molecule has 4 aromatic rings. The van der Waals surface area contributed by atoms with E-state index >= 15 is 0 Å². The maximum absolute atomic E-state index is 13.1. The topological polar surface area (TPSA) is 63.2 Å². The van der Waals surface area contributed by atoms with Crippen molar-refractivity contribution in [2.45, 2.75) is 49.7 Å². The molecule has 0 aromatic heterocycles. The van der Waals surface area contributed by atoms with Gasteiger partial charge >= 0.3 is 5.97 Å². The van der Waals surface area contributed by atoms with Gasteiger partial charge in [-0.1, -0.05) is 109 Å². The van der Waals surface area contributed by atoms with Crippen molar-refractivity contribution in [3.8, 4) is 0 Å². The Morgan fingerprint density at radius 1 is 0.610 bits per heavy atom. The minimum Gasteiger partial charge on any atom is -0.452 e. The molecule has 212 valence electrons. The molecule has 1 fully saturated rings. The van der Waals surface area contributed by atoms with E-state index in [2.05, 4.69) is 0 Å². The lowest BCUT2D eigenvalue weighted by molar-refractivity contribution is -0.242. The fourth-order valence-electron chi connectivity index (χ4n) is 4.71. The van der Waals surface area contributed by atoms with E-state index in [4.69, 9.17) is 36.3 Å². The summed E-state index contributed by atoms with van der Waals surface area (Å²) in [5, 5.41) is 0. The minimum atomic E-state index is -0.833. The molecule has 0 radical (unpaired) electrons. The van der Waals surface area contributed by atoms with Crippen molar-refractivity contribution >= 4 is 18.6 Å². The van der Waals surface area contributed by atoms with Gasteiger partial charge in [0.2, 0.25) is 0 Å². The highest BCUT2D eigenvalue weighted by molar-refractivity contribution is 7.80. The predicted molar refractivity (Wildman–Crippen MR) is 159 cm³/mol. The van der Waals surface area contributed by atoms with Gasteiger partial charge in [-0.05, 0) is 28.8 Å². The van der Waals surface area contributed by atoms with Gasteiger partial charge in [0, 0.05) is 0 Å². The molecule has 0 saturated carbocycles. The third kappa shape index (κ3) is 8.28. The first-order valence-electron chi connectivity index (χ1n) is 13.7. The molecule has 0 aliphatic carbocycles. The first-order chi connectivity index (χ1) is 20.2. The highest BCUT2D eigenvalue weighted by atomic mass is 32.1. The third-order valence-corrected chi connectivity index (χ3v) is 7.24. The summed E-state index contributed by atoms with van der Waals surface area (Å²) in [6.45, 7) is 1.29. The maximum atomic E-state index is 13.1. The van der Waals surface area contributed by atoms with E-state index in [0.717, 1.165) is 16.7 Å². The summed E-state index contributed by atoms with van der Waals surface area (Å²) in [6, 6.07) is 38.5. The van der Waals surface area contributed by atoms with Crippen LogP contribution < -0.4 is 0 Å². The molecule has 0 unspecified atom stereocenters. The van der Waals surface area contributed by atoms with Gasteiger partial charge in [0.1, 0.15) is 23.7 Å².